The summed E-state index contributed by atoms with van der Waals surface area (Å²) in [4.78, 5) is 27.6. The van der Waals surface area contributed by atoms with Crippen LogP contribution in [0, 0.1) is 18.6 Å². The summed E-state index contributed by atoms with van der Waals surface area (Å²) in [5.74, 6) is -3.99. The molecular weight excluding hydrogens is 448 g/mol. The van der Waals surface area contributed by atoms with Crippen LogP contribution in [0.5, 0.6) is 5.75 Å². The van der Waals surface area contributed by atoms with E-state index in [9.17, 15) is 23.5 Å². The maximum Gasteiger partial charge on any atom is 0.294 e. The lowest BCUT2D eigenvalue weighted by Gasteiger charge is -2.24. The molecule has 9 heteroatoms. The van der Waals surface area contributed by atoms with Crippen LogP contribution in [0.15, 0.2) is 74.8 Å². The van der Waals surface area contributed by atoms with Crippen LogP contribution < -0.4 is 9.64 Å². The molecule has 2 aromatic carbocycles. The van der Waals surface area contributed by atoms with Crippen LogP contribution in [0.2, 0.25) is 0 Å². The average molecular weight is 465 g/mol. The number of ether oxygens (including phenoxy) is 1. The average Bonchev–Trinajstić information content (AvgIpc) is 3.51. The summed E-state index contributed by atoms with van der Waals surface area (Å²) in [6.07, 6.45) is 0. The first-order chi connectivity index (χ1) is 16.3. The van der Waals surface area contributed by atoms with Crippen LogP contribution in [0.3, 0.4) is 0 Å². The third kappa shape index (κ3) is 3.24. The number of hydrogen-bond acceptors (Lipinski definition) is 6. The molecule has 0 spiro atoms. The molecule has 1 amide bonds. The molecule has 2 aromatic heterocycles. The molecule has 1 unspecified atom stereocenters. The van der Waals surface area contributed by atoms with Crippen LogP contribution in [-0.4, -0.2) is 23.9 Å². The predicted molar refractivity (Wildman–Crippen MR) is 117 cm³/mol. The number of amides is 1. The van der Waals surface area contributed by atoms with E-state index in [0.29, 0.717) is 22.5 Å². The number of halogens is 2. The van der Waals surface area contributed by atoms with Gasteiger partial charge >= 0.3 is 0 Å². The summed E-state index contributed by atoms with van der Waals surface area (Å²) in [5, 5.41) is 11.3. The summed E-state index contributed by atoms with van der Waals surface area (Å²) in [7, 11) is 1.46. The Hall–Kier alpha value is -4.40. The number of benzene rings is 2. The highest BCUT2D eigenvalue weighted by atomic mass is 19.2. The highest BCUT2D eigenvalue weighted by Gasteiger charge is 2.47. The molecule has 1 atom stereocenters. The van der Waals surface area contributed by atoms with E-state index in [1.807, 2.05) is 0 Å². The topological polar surface area (TPSA) is 93.1 Å². The zero-order valence-corrected chi connectivity index (χ0v) is 18.0. The maximum absolute atomic E-state index is 14.0. The Balaban J connectivity index is 1.66. The molecule has 1 aliphatic rings. The first kappa shape index (κ1) is 21.4. The highest BCUT2D eigenvalue weighted by Crippen LogP contribution is 2.43. The molecular formula is C25H17F2NO6. The normalized spacial score (nSPS) is 16.1. The van der Waals surface area contributed by atoms with Gasteiger partial charge < -0.3 is 18.7 Å². The summed E-state index contributed by atoms with van der Waals surface area (Å²) in [6, 6.07) is 11.3. The number of nitrogens with zero attached hydrogens (tertiary/aromatic N) is 1. The molecule has 0 radical (unpaired) electrons. The monoisotopic (exact) mass is 465 g/mol. The van der Waals surface area contributed by atoms with Gasteiger partial charge in [0.15, 0.2) is 34.5 Å². The Kier molecular flexibility index (Phi) is 4.97. The molecule has 0 fully saturated rings. The number of carbonyl (C=O) groups excluding carboxylic acids is 2. The van der Waals surface area contributed by atoms with Crippen LogP contribution in [0.25, 0.3) is 11.0 Å². The van der Waals surface area contributed by atoms with Crippen molar-refractivity contribution in [3.63, 3.8) is 0 Å². The minimum atomic E-state index is -1.24. The van der Waals surface area contributed by atoms with Crippen molar-refractivity contribution < 1.29 is 37.0 Å². The Labute approximate surface area is 191 Å². The van der Waals surface area contributed by atoms with E-state index in [0.717, 1.165) is 17.0 Å². The molecule has 0 aliphatic carbocycles. The van der Waals surface area contributed by atoms with Gasteiger partial charge in [-0.1, -0.05) is 12.1 Å². The fraction of sp³-hybridized carbons (Fsp3) is 0.120. The largest absolute Gasteiger partial charge is 0.503 e. The van der Waals surface area contributed by atoms with Gasteiger partial charge in [0, 0.05) is 17.1 Å². The van der Waals surface area contributed by atoms with Gasteiger partial charge in [0.2, 0.25) is 5.78 Å². The third-order valence-corrected chi connectivity index (χ3v) is 5.62. The zero-order chi connectivity index (χ0) is 24.1. The number of ketones is 1. The fourth-order valence-corrected chi connectivity index (χ4v) is 4.05. The number of para-hydroxylation sites is 1. The second-order valence-corrected chi connectivity index (χ2v) is 7.71. The lowest BCUT2D eigenvalue weighted by molar-refractivity contribution is -0.117. The van der Waals surface area contributed by atoms with Crippen molar-refractivity contribution in [2.24, 2.45) is 0 Å². The van der Waals surface area contributed by atoms with Crippen molar-refractivity contribution in [1.29, 1.82) is 0 Å². The number of hydrogen-bond donors (Lipinski definition) is 1. The SMILES string of the molecule is COc1cccc2cc(C(=O)C3=C(O)C(=O)N(c4ccc(F)c(F)c4)C3c3ccc(C)o3)oc12. The lowest BCUT2D eigenvalue weighted by atomic mass is 9.99. The van der Waals surface area contributed by atoms with Gasteiger partial charge in [0.1, 0.15) is 17.6 Å². The van der Waals surface area contributed by atoms with Crippen molar-refractivity contribution in [1.82, 2.24) is 0 Å². The number of anilines is 1. The number of aliphatic hydroxyl groups excluding tert-OH is 1. The number of furan rings is 2. The van der Waals surface area contributed by atoms with E-state index in [1.54, 1.807) is 31.2 Å². The molecule has 5 rings (SSSR count). The quantitative estimate of drug-likeness (QED) is 0.397. The number of aliphatic hydroxyl groups is 1. The maximum atomic E-state index is 14.0. The van der Waals surface area contributed by atoms with E-state index in [1.165, 1.54) is 25.3 Å². The minimum Gasteiger partial charge on any atom is -0.503 e. The van der Waals surface area contributed by atoms with Crippen molar-refractivity contribution in [3.8, 4) is 5.75 Å². The number of Topliss-reactive ketones (excluding diaryl/α,β-unsaturated/α-hetero) is 1. The molecule has 172 valence electrons. The van der Waals surface area contributed by atoms with E-state index in [2.05, 4.69) is 0 Å². The van der Waals surface area contributed by atoms with Crippen LogP contribution in [0.4, 0.5) is 14.5 Å². The van der Waals surface area contributed by atoms with E-state index in [-0.39, 0.29) is 22.8 Å². The summed E-state index contributed by atoms with van der Waals surface area (Å²) in [5.41, 5.74) is -0.0636. The van der Waals surface area contributed by atoms with Crippen LogP contribution >= 0.6 is 0 Å². The number of rotatable bonds is 5. The molecule has 1 N–H and O–H groups in total. The first-order valence-electron chi connectivity index (χ1n) is 10.2. The molecule has 0 saturated carbocycles. The minimum absolute atomic E-state index is 0.0661. The van der Waals surface area contributed by atoms with Crippen molar-refractivity contribution >= 4 is 28.3 Å². The van der Waals surface area contributed by atoms with Gasteiger partial charge in [-0.05, 0) is 43.3 Å². The van der Waals surface area contributed by atoms with Gasteiger partial charge in [0.05, 0.1) is 12.7 Å². The molecule has 0 bridgehead atoms. The Bertz CT molecular complexity index is 1500. The second kappa shape index (κ2) is 7.87. The summed E-state index contributed by atoms with van der Waals surface area (Å²) < 4.78 is 44.2. The molecule has 4 aromatic rings. The van der Waals surface area contributed by atoms with Crippen molar-refractivity contribution in [3.05, 3.63) is 94.8 Å². The third-order valence-electron chi connectivity index (χ3n) is 5.62. The number of fused-ring (bicyclic) bond motifs is 1. The van der Waals surface area contributed by atoms with E-state index < -0.39 is 35.1 Å². The highest BCUT2D eigenvalue weighted by molar-refractivity contribution is 6.20. The molecule has 0 saturated heterocycles. The number of aryl methyl sites for hydroxylation is 1. The van der Waals surface area contributed by atoms with Crippen LogP contribution in [-0.2, 0) is 4.79 Å². The number of methoxy groups -OCH3 is 1. The molecule has 7 nitrogen and oxygen atoms in total. The second-order valence-electron chi connectivity index (χ2n) is 7.71. The van der Waals surface area contributed by atoms with Gasteiger partial charge in [-0.3, -0.25) is 14.5 Å². The van der Waals surface area contributed by atoms with Gasteiger partial charge in [0.25, 0.3) is 5.91 Å². The van der Waals surface area contributed by atoms with Gasteiger partial charge in [-0.2, -0.15) is 0 Å². The Morgan fingerprint density at radius 2 is 1.85 bits per heavy atom. The lowest BCUT2D eigenvalue weighted by Crippen LogP contribution is -2.31. The zero-order valence-electron chi connectivity index (χ0n) is 18.0. The summed E-state index contributed by atoms with van der Waals surface area (Å²) in [6.45, 7) is 1.67. The molecule has 1 aliphatic heterocycles. The smallest absolute Gasteiger partial charge is 0.294 e. The van der Waals surface area contributed by atoms with E-state index >= 15 is 0 Å². The Morgan fingerprint density at radius 1 is 1.06 bits per heavy atom. The Morgan fingerprint density at radius 3 is 2.53 bits per heavy atom. The van der Waals surface area contributed by atoms with Gasteiger partial charge in [-0.15, -0.1) is 0 Å². The first-order valence-corrected chi connectivity index (χ1v) is 10.2. The predicted octanol–water partition coefficient (Wildman–Crippen LogP) is 5.40. The number of carbonyl (C=O) groups is 2. The standard InChI is InChI=1S/C25H17F2NO6/c1-12-6-9-17(33-12)21-20(22(29)19-10-13-4-3-5-18(32-2)24(13)34-19)23(30)25(31)28(21)14-7-8-15(26)16(27)11-14/h3-11,21,30H,1-2H3. The molecule has 3 heterocycles. The van der Waals surface area contributed by atoms with Gasteiger partial charge in [-0.25, -0.2) is 8.78 Å². The van der Waals surface area contributed by atoms with E-state index in [4.69, 9.17) is 13.6 Å². The van der Waals surface area contributed by atoms with Crippen molar-refractivity contribution in [2.75, 3.05) is 12.0 Å². The summed E-state index contributed by atoms with van der Waals surface area (Å²) >= 11 is 0. The molecule has 34 heavy (non-hydrogen) atoms. The van der Waals surface area contributed by atoms with Crippen LogP contribution in [0.1, 0.15) is 28.1 Å². The van der Waals surface area contributed by atoms with Crippen molar-refractivity contribution in [2.45, 2.75) is 13.0 Å². The fourth-order valence-electron chi connectivity index (χ4n) is 4.05.